The fourth-order valence-electron chi connectivity index (χ4n) is 2.55. The second-order valence-corrected chi connectivity index (χ2v) is 5.01. The summed E-state index contributed by atoms with van der Waals surface area (Å²) in [7, 11) is 4.21. The van der Waals surface area contributed by atoms with Crippen LogP contribution < -0.4 is 5.32 Å². The number of piperidine rings is 1. The summed E-state index contributed by atoms with van der Waals surface area (Å²) < 4.78 is 2.27. The molecule has 4 nitrogen and oxygen atoms in total. The smallest absolute Gasteiger partial charge is 0.0546 e. The molecule has 0 amide bonds. The van der Waals surface area contributed by atoms with E-state index in [1.165, 1.54) is 38.0 Å². The molecular weight excluding hydrogens is 212 g/mol. The van der Waals surface area contributed by atoms with Gasteiger partial charge in [-0.15, -0.1) is 0 Å². The van der Waals surface area contributed by atoms with Gasteiger partial charge >= 0.3 is 0 Å². The molecule has 0 spiro atoms. The Balaban J connectivity index is 1.93. The Kier molecular flexibility index (Phi) is 4.57. The second kappa shape index (κ2) is 6.17. The average molecular weight is 236 g/mol. The minimum absolute atomic E-state index is 0.616. The first-order valence-electron chi connectivity index (χ1n) is 6.67. The molecule has 0 radical (unpaired) electrons. The highest BCUT2D eigenvalue weighted by Gasteiger charge is 2.20. The van der Waals surface area contributed by atoms with Crippen LogP contribution in [0.2, 0.25) is 0 Å². The Hall–Kier alpha value is -0.870. The first kappa shape index (κ1) is 12.6. The van der Waals surface area contributed by atoms with E-state index in [-0.39, 0.29) is 0 Å². The summed E-state index contributed by atoms with van der Waals surface area (Å²) in [6, 6.07) is 2.79. The van der Waals surface area contributed by atoms with E-state index < -0.39 is 0 Å². The summed E-state index contributed by atoms with van der Waals surface area (Å²) in [4.78, 5) is 2.40. The number of likely N-dealkylation sites (tertiary alicyclic amines) is 1. The molecule has 1 aromatic heterocycles. The molecule has 96 valence electrons. The van der Waals surface area contributed by atoms with Crippen molar-refractivity contribution in [2.24, 2.45) is 0 Å². The van der Waals surface area contributed by atoms with Crippen molar-refractivity contribution in [2.75, 3.05) is 33.7 Å². The molecule has 1 aliphatic rings. The summed E-state index contributed by atoms with van der Waals surface area (Å²) in [6.45, 7) is 3.47. The third-order valence-corrected chi connectivity index (χ3v) is 3.65. The number of hydrogen-bond donors (Lipinski definition) is 1. The van der Waals surface area contributed by atoms with Crippen LogP contribution in [0.15, 0.2) is 12.3 Å². The quantitative estimate of drug-likeness (QED) is 0.782. The molecule has 1 aliphatic heterocycles. The van der Waals surface area contributed by atoms with Crippen molar-refractivity contribution in [2.45, 2.75) is 31.7 Å². The van der Waals surface area contributed by atoms with Crippen LogP contribution in [0, 0.1) is 0 Å². The van der Waals surface area contributed by atoms with Crippen molar-refractivity contribution in [3.05, 3.63) is 18.0 Å². The van der Waals surface area contributed by atoms with Crippen molar-refractivity contribution in [1.82, 2.24) is 20.0 Å². The number of aromatic nitrogens is 2. The topological polar surface area (TPSA) is 33.1 Å². The van der Waals surface area contributed by atoms with Gasteiger partial charge in [0.1, 0.15) is 0 Å². The van der Waals surface area contributed by atoms with Gasteiger partial charge in [-0.05, 0) is 65.5 Å². The van der Waals surface area contributed by atoms with Crippen molar-refractivity contribution < 1.29 is 0 Å². The maximum Gasteiger partial charge on any atom is 0.0546 e. The van der Waals surface area contributed by atoms with E-state index in [9.17, 15) is 0 Å². The van der Waals surface area contributed by atoms with Crippen LogP contribution >= 0.6 is 0 Å². The van der Waals surface area contributed by atoms with E-state index in [2.05, 4.69) is 33.1 Å². The Labute approximate surface area is 104 Å². The Morgan fingerprint density at radius 2 is 2.18 bits per heavy atom. The molecule has 0 aliphatic carbocycles. The summed E-state index contributed by atoms with van der Waals surface area (Å²) in [6.07, 6.45) is 6.74. The zero-order valence-electron chi connectivity index (χ0n) is 11.0. The van der Waals surface area contributed by atoms with Gasteiger partial charge in [0.2, 0.25) is 0 Å². The molecule has 4 heteroatoms. The van der Waals surface area contributed by atoms with Crippen molar-refractivity contribution in [1.29, 1.82) is 0 Å². The number of aryl methyl sites for hydroxylation is 1. The summed E-state index contributed by atoms with van der Waals surface area (Å²) in [5.74, 6) is 0. The monoisotopic (exact) mass is 236 g/mol. The lowest BCUT2D eigenvalue weighted by Crippen LogP contribution is -2.32. The minimum atomic E-state index is 0.616. The zero-order valence-corrected chi connectivity index (χ0v) is 11.0. The summed E-state index contributed by atoms with van der Waals surface area (Å²) in [5, 5.41) is 7.72. The molecule has 17 heavy (non-hydrogen) atoms. The first-order valence-corrected chi connectivity index (χ1v) is 6.67. The van der Waals surface area contributed by atoms with Crippen molar-refractivity contribution in [3.63, 3.8) is 0 Å². The van der Waals surface area contributed by atoms with Crippen LogP contribution in [0.25, 0.3) is 0 Å². The minimum Gasteiger partial charge on any atom is -0.320 e. The highest BCUT2D eigenvalue weighted by molar-refractivity contribution is 5.02. The lowest BCUT2D eigenvalue weighted by Gasteiger charge is -2.30. The molecule has 0 saturated carbocycles. The van der Waals surface area contributed by atoms with Crippen LogP contribution in [-0.4, -0.2) is 48.4 Å². The molecule has 2 rings (SSSR count). The molecule has 0 atom stereocenters. The fraction of sp³-hybridized carbons (Fsp3) is 0.769. The van der Waals surface area contributed by atoms with Gasteiger partial charge < -0.3 is 10.2 Å². The number of nitrogens with zero attached hydrogens (tertiary/aromatic N) is 3. The normalized spacial score (nSPS) is 18.7. The fourth-order valence-corrected chi connectivity index (χ4v) is 2.55. The van der Waals surface area contributed by atoms with Gasteiger partial charge in [0.05, 0.1) is 6.04 Å². The van der Waals surface area contributed by atoms with Crippen molar-refractivity contribution in [3.8, 4) is 0 Å². The molecule has 1 N–H and O–H groups in total. The van der Waals surface area contributed by atoms with Gasteiger partial charge in [0, 0.05) is 11.9 Å². The average Bonchev–Trinajstić information content (AvgIpc) is 2.79. The predicted molar refractivity (Wildman–Crippen MR) is 70.2 cm³/mol. The Morgan fingerprint density at radius 3 is 2.88 bits per heavy atom. The third kappa shape index (κ3) is 3.30. The zero-order chi connectivity index (χ0) is 12.1. The van der Waals surface area contributed by atoms with Crippen molar-refractivity contribution >= 4 is 0 Å². The standard InChI is InChI=1S/C13H24N4/c1-14-8-3-4-12-5-9-15-17(12)13-6-10-16(2)11-7-13/h5,9,13-14H,3-4,6-8,10-11H2,1-2H3. The molecule has 0 bridgehead atoms. The van der Waals surface area contributed by atoms with Gasteiger partial charge in [-0.2, -0.15) is 5.10 Å². The molecular formula is C13H24N4. The van der Waals surface area contributed by atoms with Crippen LogP contribution in [0.1, 0.15) is 31.0 Å². The molecule has 2 heterocycles. The maximum absolute atomic E-state index is 4.52. The lowest BCUT2D eigenvalue weighted by atomic mass is 10.1. The highest BCUT2D eigenvalue weighted by Crippen LogP contribution is 2.22. The number of rotatable bonds is 5. The van der Waals surface area contributed by atoms with Gasteiger partial charge in [-0.25, -0.2) is 0 Å². The van der Waals surface area contributed by atoms with E-state index in [4.69, 9.17) is 0 Å². The Morgan fingerprint density at radius 1 is 1.41 bits per heavy atom. The van der Waals surface area contributed by atoms with Gasteiger partial charge in [-0.3, -0.25) is 4.68 Å². The van der Waals surface area contributed by atoms with E-state index in [0.717, 1.165) is 13.0 Å². The number of nitrogens with one attached hydrogen (secondary N) is 1. The van der Waals surface area contributed by atoms with E-state index in [0.29, 0.717) is 6.04 Å². The third-order valence-electron chi connectivity index (χ3n) is 3.65. The first-order chi connectivity index (χ1) is 8.31. The second-order valence-electron chi connectivity index (χ2n) is 5.01. The maximum atomic E-state index is 4.52. The predicted octanol–water partition coefficient (Wildman–Crippen LogP) is 1.30. The highest BCUT2D eigenvalue weighted by atomic mass is 15.3. The van der Waals surface area contributed by atoms with E-state index >= 15 is 0 Å². The summed E-state index contributed by atoms with van der Waals surface area (Å²) in [5.41, 5.74) is 1.40. The van der Waals surface area contributed by atoms with Crippen LogP contribution in [-0.2, 0) is 6.42 Å². The summed E-state index contributed by atoms with van der Waals surface area (Å²) >= 11 is 0. The van der Waals surface area contributed by atoms with E-state index in [1.54, 1.807) is 0 Å². The molecule has 1 saturated heterocycles. The lowest BCUT2D eigenvalue weighted by molar-refractivity contribution is 0.209. The largest absolute Gasteiger partial charge is 0.320 e. The Bertz CT molecular complexity index is 326. The molecule has 1 aromatic rings. The van der Waals surface area contributed by atoms with Gasteiger partial charge in [0.25, 0.3) is 0 Å². The number of hydrogen-bond acceptors (Lipinski definition) is 3. The van der Waals surface area contributed by atoms with Crippen LogP contribution in [0.4, 0.5) is 0 Å². The van der Waals surface area contributed by atoms with Crippen LogP contribution in [0.5, 0.6) is 0 Å². The molecule has 0 unspecified atom stereocenters. The SMILES string of the molecule is CNCCCc1ccnn1C1CCN(C)CC1. The van der Waals surface area contributed by atoms with Crippen LogP contribution in [0.3, 0.4) is 0 Å². The van der Waals surface area contributed by atoms with Gasteiger partial charge in [0.15, 0.2) is 0 Å². The molecule has 1 fully saturated rings. The molecule has 0 aromatic carbocycles. The van der Waals surface area contributed by atoms with Gasteiger partial charge in [-0.1, -0.05) is 0 Å². The van der Waals surface area contributed by atoms with E-state index in [1.807, 2.05) is 13.2 Å².